The van der Waals surface area contributed by atoms with Gasteiger partial charge in [0.05, 0.1) is 6.54 Å². The second kappa shape index (κ2) is 4.76. The van der Waals surface area contributed by atoms with Crippen molar-refractivity contribution >= 4 is 11.3 Å². The van der Waals surface area contributed by atoms with Gasteiger partial charge in [0, 0.05) is 15.8 Å². The summed E-state index contributed by atoms with van der Waals surface area (Å²) in [6, 6.07) is 2.59. The highest BCUT2D eigenvalue weighted by Crippen LogP contribution is 2.26. The van der Waals surface area contributed by atoms with Crippen LogP contribution in [0.2, 0.25) is 0 Å². The van der Waals surface area contributed by atoms with E-state index in [1.807, 2.05) is 11.3 Å². The van der Waals surface area contributed by atoms with Crippen molar-refractivity contribution in [3.8, 4) is 0 Å². The second-order valence-electron chi connectivity index (χ2n) is 3.90. The van der Waals surface area contributed by atoms with Crippen molar-refractivity contribution in [3.05, 3.63) is 33.5 Å². The van der Waals surface area contributed by atoms with Crippen LogP contribution in [0.1, 0.15) is 34.1 Å². The minimum absolute atomic E-state index is 0.343. The molecule has 0 bridgehead atoms. The van der Waals surface area contributed by atoms with E-state index in [0.29, 0.717) is 6.04 Å². The van der Waals surface area contributed by atoms with E-state index in [1.54, 1.807) is 0 Å². The molecule has 2 aromatic heterocycles. The topological polar surface area (TPSA) is 53.6 Å². The number of H-pyrrole nitrogens is 1. The van der Waals surface area contributed by atoms with E-state index in [2.05, 4.69) is 47.3 Å². The summed E-state index contributed by atoms with van der Waals surface area (Å²) in [6.07, 6.45) is 1.53. The Balaban J connectivity index is 1.98. The number of aromatic amines is 1. The Morgan fingerprint density at radius 2 is 2.31 bits per heavy atom. The molecule has 0 spiro atoms. The minimum Gasteiger partial charge on any atom is -0.303 e. The van der Waals surface area contributed by atoms with Gasteiger partial charge in [0.2, 0.25) is 0 Å². The van der Waals surface area contributed by atoms with Gasteiger partial charge in [0.15, 0.2) is 0 Å². The molecule has 0 aromatic carbocycles. The first-order valence-corrected chi connectivity index (χ1v) is 6.13. The molecule has 16 heavy (non-hydrogen) atoms. The summed E-state index contributed by atoms with van der Waals surface area (Å²) in [5, 5.41) is 10.1. The smallest absolute Gasteiger partial charge is 0.138 e. The molecule has 0 radical (unpaired) electrons. The van der Waals surface area contributed by atoms with E-state index < -0.39 is 0 Å². The first kappa shape index (κ1) is 11.3. The molecule has 1 atom stereocenters. The SMILES string of the molecule is Cc1cc(C(C)NCc2ncn[nH]2)c(C)s1. The molecule has 1 unspecified atom stereocenters. The van der Waals surface area contributed by atoms with Crippen LogP contribution in [-0.2, 0) is 6.54 Å². The van der Waals surface area contributed by atoms with Gasteiger partial charge in [-0.2, -0.15) is 5.10 Å². The highest BCUT2D eigenvalue weighted by molar-refractivity contribution is 7.12. The second-order valence-corrected chi connectivity index (χ2v) is 5.36. The molecule has 4 nitrogen and oxygen atoms in total. The zero-order valence-electron chi connectivity index (χ0n) is 9.74. The maximum atomic E-state index is 4.08. The fraction of sp³-hybridized carbons (Fsp3) is 0.455. The van der Waals surface area contributed by atoms with Crippen LogP contribution < -0.4 is 5.32 Å². The first-order chi connectivity index (χ1) is 7.66. The molecular weight excluding hydrogens is 220 g/mol. The average Bonchev–Trinajstić information content (AvgIpc) is 2.84. The maximum Gasteiger partial charge on any atom is 0.138 e. The Morgan fingerprint density at radius 1 is 1.50 bits per heavy atom. The van der Waals surface area contributed by atoms with Gasteiger partial charge in [-0.25, -0.2) is 4.98 Å². The fourth-order valence-electron chi connectivity index (χ4n) is 1.76. The van der Waals surface area contributed by atoms with Gasteiger partial charge in [-0.3, -0.25) is 5.10 Å². The van der Waals surface area contributed by atoms with Crippen LogP contribution >= 0.6 is 11.3 Å². The summed E-state index contributed by atoms with van der Waals surface area (Å²) in [7, 11) is 0. The van der Waals surface area contributed by atoms with Crippen LogP contribution in [-0.4, -0.2) is 15.2 Å². The summed E-state index contributed by atoms with van der Waals surface area (Å²) < 4.78 is 0. The number of thiophene rings is 1. The summed E-state index contributed by atoms with van der Waals surface area (Å²) >= 11 is 1.85. The van der Waals surface area contributed by atoms with Crippen molar-refractivity contribution in [1.82, 2.24) is 20.5 Å². The molecule has 0 aliphatic rings. The lowest BCUT2D eigenvalue weighted by Gasteiger charge is -2.12. The van der Waals surface area contributed by atoms with Crippen LogP contribution in [0.5, 0.6) is 0 Å². The summed E-state index contributed by atoms with van der Waals surface area (Å²) in [4.78, 5) is 6.83. The highest BCUT2D eigenvalue weighted by atomic mass is 32.1. The molecule has 2 aromatic rings. The van der Waals surface area contributed by atoms with Gasteiger partial charge in [-0.05, 0) is 32.4 Å². The number of rotatable bonds is 4. The van der Waals surface area contributed by atoms with E-state index in [9.17, 15) is 0 Å². The minimum atomic E-state index is 0.343. The van der Waals surface area contributed by atoms with Gasteiger partial charge in [0.1, 0.15) is 12.2 Å². The van der Waals surface area contributed by atoms with Gasteiger partial charge < -0.3 is 5.32 Å². The summed E-state index contributed by atoms with van der Waals surface area (Å²) in [5.41, 5.74) is 1.38. The Hall–Kier alpha value is -1.20. The van der Waals surface area contributed by atoms with E-state index in [0.717, 1.165) is 12.4 Å². The lowest BCUT2D eigenvalue weighted by atomic mass is 10.1. The predicted molar refractivity (Wildman–Crippen MR) is 65.4 cm³/mol. The number of nitrogens with zero attached hydrogens (tertiary/aromatic N) is 2. The van der Waals surface area contributed by atoms with Crippen LogP contribution in [0.3, 0.4) is 0 Å². The Labute approximate surface area is 99.1 Å². The molecule has 2 rings (SSSR count). The third-order valence-electron chi connectivity index (χ3n) is 2.59. The molecule has 0 aliphatic heterocycles. The lowest BCUT2D eigenvalue weighted by Crippen LogP contribution is -2.19. The Bertz CT molecular complexity index is 447. The number of aryl methyl sites for hydroxylation is 2. The zero-order chi connectivity index (χ0) is 11.5. The highest BCUT2D eigenvalue weighted by Gasteiger charge is 2.10. The third kappa shape index (κ3) is 2.48. The van der Waals surface area contributed by atoms with E-state index in [1.165, 1.54) is 21.6 Å². The van der Waals surface area contributed by atoms with E-state index >= 15 is 0 Å². The molecule has 2 N–H and O–H groups in total. The molecule has 0 saturated heterocycles. The monoisotopic (exact) mass is 236 g/mol. The zero-order valence-corrected chi connectivity index (χ0v) is 10.6. The van der Waals surface area contributed by atoms with Crippen LogP contribution in [0.25, 0.3) is 0 Å². The maximum absolute atomic E-state index is 4.08. The van der Waals surface area contributed by atoms with Crippen molar-refractivity contribution in [2.75, 3.05) is 0 Å². The Morgan fingerprint density at radius 3 is 2.88 bits per heavy atom. The Kier molecular flexibility index (Phi) is 3.36. The number of hydrogen-bond acceptors (Lipinski definition) is 4. The molecule has 0 aliphatic carbocycles. The summed E-state index contributed by atoms with van der Waals surface area (Å²) in [6.45, 7) is 7.20. The standard InChI is InChI=1S/C11H16N4S/c1-7-4-10(9(3)16-7)8(2)12-5-11-13-6-14-15-11/h4,6,8,12H,5H2,1-3H3,(H,13,14,15). The predicted octanol–water partition coefficient (Wildman–Crippen LogP) is 2.33. The van der Waals surface area contributed by atoms with Gasteiger partial charge in [-0.15, -0.1) is 11.3 Å². The van der Waals surface area contributed by atoms with Crippen LogP contribution in [0, 0.1) is 13.8 Å². The normalized spacial score (nSPS) is 12.9. The van der Waals surface area contributed by atoms with Crippen molar-refractivity contribution < 1.29 is 0 Å². The van der Waals surface area contributed by atoms with Crippen molar-refractivity contribution in [1.29, 1.82) is 0 Å². The molecular formula is C11H16N4S. The molecule has 2 heterocycles. The van der Waals surface area contributed by atoms with Gasteiger partial charge in [0.25, 0.3) is 0 Å². The van der Waals surface area contributed by atoms with E-state index in [4.69, 9.17) is 0 Å². The average molecular weight is 236 g/mol. The van der Waals surface area contributed by atoms with E-state index in [-0.39, 0.29) is 0 Å². The van der Waals surface area contributed by atoms with Crippen molar-refractivity contribution in [3.63, 3.8) is 0 Å². The molecule has 86 valence electrons. The largest absolute Gasteiger partial charge is 0.303 e. The number of nitrogens with one attached hydrogen (secondary N) is 2. The molecule has 0 amide bonds. The lowest BCUT2D eigenvalue weighted by molar-refractivity contribution is 0.559. The van der Waals surface area contributed by atoms with Crippen LogP contribution in [0.4, 0.5) is 0 Å². The van der Waals surface area contributed by atoms with Gasteiger partial charge >= 0.3 is 0 Å². The van der Waals surface area contributed by atoms with Crippen molar-refractivity contribution in [2.24, 2.45) is 0 Å². The quantitative estimate of drug-likeness (QED) is 0.856. The fourth-order valence-corrected chi connectivity index (χ4v) is 2.78. The van der Waals surface area contributed by atoms with Crippen LogP contribution in [0.15, 0.2) is 12.4 Å². The molecule has 5 heteroatoms. The van der Waals surface area contributed by atoms with Gasteiger partial charge in [-0.1, -0.05) is 0 Å². The first-order valence-electron chi connectivity index (χ1n) is 5.31. The summed E-state index contributed by atoms with van der Waals surface area (Å²) in [5.74, 6) is 0.872. The molecule has 0 saturated carbocycles. The van der Waals surface area contributed by atoms with Crippen molar-refractivity contribution in [2.45, 2.75) is 33.4 Å². The number of aromatic nitrogens is 3. The molecule has 0 fully saturated rings. The third-order valence-corrected chi connectivity index (χ3v) is 3.57. The number of hydrogen-bond donors (Lipinski definition) is 2.